The van der Waals surface area contributed by atoms with Gasteiger partial charge in [0.15, 0.2) is 13.1 Å². The smallest absolute Gasteiger partial charge is 0.279 e. The van der Waals surface area contributed by atoms with Gasteiger partial charge in [0.2, 0.25) is 0 Å². The van der Waals surface area contributed by atoms with E-state index in [0.717, 1.165) is 4.90 Å². The first kappa shape index (κ1) is 21.4. The Morgan fingerprint density at radius 2 is 1.29 bits per heavy atom. The number of rotatable bonds is 7. The van der Waals surface area contributed by atoms with E-state index in [1.165, 1.54) is 4.90 Å². The van der Waals surface area contributed by atoms with Crippen LogP contribution in [0.4, 0.5) is 11.4 Å². The predicted molar refractivity (Wildman–Crippen MR) is 110 cm³/mol. The van der Waals surface area contributed by atoms with Gasteiger partial charge in [-0.1, -0.05) is 11.6 Å². The molecule has 0 aromatic heterocycles. The molecule has 1 unspecified atom stereocenters. The molecule has 0 saturated heterocycles. The van der Waals surface area contributed by atoms with E-state index in [4.69, 9.17) is 11.6 Å². The molecule has 0 bridgehead atoms. The van der Waals surface area contributed by atoms with Crippen molar-refractivity contribution < 1.29 is 19.3 Å². The Bertz CT molecular complexity index is 836. The minimum Gasteiger partial charge on any atom is -0.345 e. The van der Waals surface area contributed by atoms with E-state index in [-0.39, 0.29) is 30.8 Å². The van der Waals surface area contributed by atoms with Crippen LogP contribution < -0.4 is 15.5 Å². The van der Waals surface area contributed by atoms with E-state index in [2.05, 4.69) is 10.6 Å². The lowest BCUT2D eigenvalue weighted by molar-refractivity contribution is -0.862. The largest absolute Gasteiger partial charge is 0.345 e. The number of quaternary nitrogens is 1. The first-order valence-corrected chi connectivity index (χ1v) is 9.10. The van der Waals surface area contributed by atoms with E-state index >= 15 is 0 Å². The van der Waals surface area contributed by atoms with Crippen LogP contribution in [0.2, 0.25) is 5.02 Å². The van der Waals surface area contributed by atoms with Crippen molar-refractivity contribution in [2.45, 2.75) is 0 Å². The van der Waals surface area contributed by atoms with Crippen molar-refractivity contribution in [1.29, 1.82) is 0 Å². The summed E-state index contributed by atoms with van der Waals surface area (Å²) in [5.74, 6) is -0.517. The lowest BCUT2D eigenvalue weighted by Crippen LogP contribution is -3.11. The molecule has 7 nitrogen and oxygen atoms in total. The van der Waals surface area contributed by atoms with Crippen LogP contribution >= 0.6 is 11.6 Å². The number of hydrogen-bond donors (Lipinski definition) is 3. The second-order valence-corrected chi connectivity index (χ2v) is 7.13. The van der Waals surface area contributed by atoms with Crippen molar-refractivity contribution in [3.63, 3.8) is 0 Å². The Balaban J connectivity index is 1.81. The van der Waals surface area contributed by atoms with Crippen LogP contribution in [0.5, 0.6) is 0 Å². The van der Waals surface area contributed by atoms with Crippen LogP contribution in [0.15, 0.2) is 48.5 Å². The average Bonchev–Trinajstić information content (AvgIpc) is 2.63. The van der Waals surface area contributed by atoms with Gasteiger partial charge in [0.05, 0.1) is 7.05 Å². The summed E-state index contributed by atoms with van der Waals surface area (Å²) in [5.41, 5.74) is 1.79. The highest BCUT2D eigenvalue weighted by Gasteiger charge is 2.15. The number of nitrogens with zero attached hydrogens (tertiary/aromatic N) is 1. The van der Waals surface area contributed by atoms with Gasteiger partial charge in [-0.25, -0.2) is 0 Å². The van der Waals surface area contributed by atoms with Gasteiger partial charge in [-0.05, 0) is 48.5 Å². The summed E-state index contributed by atoms with van der Waals surface area (Å²) in [6.45, 7) is 0.277. The molecule has 1 atom stereocenters. The molecule has 0 fully saturated rings. The molecule has 2 rings (SSSR count). The van der Waals surface area contributed by atoms with E-state index in [1.807, 2.05) is 0 Å². The fourth-order valence-corrected chi connectivity index (χ4v) is 2.63. The summed E-state index contributed by atoms with van der Waals surface area (Å²) in [4.78, 5) is 38.3. The van der Waals surface area contributed by atoms with E-state index < -0.39 is 0 Å². The number of nitrogens with one attached hydrogen (secondary N) is 3. The quantitative estimate of drug-likeness (QED) is 0.648. The Morgan fingerprint density at radius 3 is 1.71 bits per heavy atom. The third kappa shape index (κ3) is 6.68. The highest BCUT2D eigenvalue weighted by molar-refractivity contribution is 6.30. The molecule has 3 N–H and O–H groups in total. The van der Waals surface area contributed by atoms with Crippen LogP contribution in [0.1, 0.15) is 10.4 Å². The molecule has 148 valence electrons. The summed E-state index contributed by atoms with van der Waals surface area (Å²) in [6.07, 6.45) is 0. The third-order valence-electron chi connectivity index (χ3n) is 3.87. The molecule has 0 spiro atoms. The molecule has 3 amide bonds. The summed E-state index contributed by atoms with van der Waals surface area (Å²) in [5, 5.41) is 6.12. The van der Waals surface area contributed by atoms with E-state index in [9.17, 15) is 14.4 Å². The normalized spacial score (nSPS) is 11.4. The zero-order valence-electron chi connectivity index (χ0n) is 16.1. The molecule has 0 radical (unpaired) electrons. The number of anilines is 2. The average molecular weight is 404 g/mol. The van der Waals surface area contributed by atoms with Crippen molar-refractivity contribution in [2.75, 3.05) is 44.9 Å². The maximum atomic E-state index is 12.2. The van der Waals surface area contributed by atoms with Gasteiger partial charge < -0.3 is 20.4 Å². The summed E-state index contributed by atoms with van der Waals surface area (Å²) in [7, 11) is 5.12. The summed E-state index contributed by atoms with van der Waals surface area (Å²) in [6, 6.07) is 13.5. The lowest BCUT2D eigenvalue weighted by atomic mass is 10.2. The Labute approximate surface area is 169 Å². The van der Waals surface area contributed by atoms with Gasteiger partial charge >= 0.3 is 0 Å². The maximum absolute atomic E-state index is 12.2. The summed E-state index contributed by atoms with van der Waals surface area (Å²) >= 11 is 5.81. The van der Waals surface area contributed by atoms with Crippen LogP contribution in [0, 0.1) is 0 Å². The molecule has 8 heteroatoms. The molecular formula is C20H24ClN4O3+. The Hall–Kier alpha value is -2.90. The number of likely N-dealkylation sites (N-methyl/N-ethyl adjacent to an activating group) is 1. The van der Waals surface area contributed by atoms with Gasteiger partial charge in [0.1, 0.15) is 0 Å². The van der Waals surface area contributed by atoms with Crippen molar-refractivity contribution in [2.24, 2.45) is 0 Å². The Kier molecular flexibility index (Phi) is 7.54. The van der Waals surface area contributed by atoms with Crippen molar-refractivity contribution in [3.05, 3.63) is 59.1 Å². The number of benzene rings is 2. The molecule has 0 heterocycles. The van der Waals surface area contributed by atoms with Crippen molar-refractivity contribution in [1.82, 2.24) is 4.90 Å². The number of carbonyl (C=O) groups is 3. The number of halogens is 1. The standard InChI is InChI=1S/C20H23ClN4O3/c1-24(2)20(28)14-4-8-16(9-5-14)22-18(26)12-25(3)13-19(27)23-17-10-6-15(21)7-11-17/h4-11H,12-13H2,1-3H3,(H,22,26)(H,23,27)/p+1. The fraction of sp³-hybridized carbons (Fsp3) is 0.250. The van der Waals surface area contributed by atoms with Crippen LogP contribution in [0.25, 0.3) is 0 Å². The number of carbonyl (C=O) groups excluding carboxylic acids is 3. The molecule has 0 aliphatic carbocycles. The van der Waals surface area contributed by atoms with E-state index in [0.29, 0.717) is 22.0 Å². The zero-order chi connectivity index (χ0) is 20.7. The summed E-state index contributed by atoms with van der Waals surface area (Å²) < 4.78 is 0. The molecular weight excluding hydrogens is 380 g/mol. The molecule has 28 heavy (non-hydrogen) atoms. The van der Waals surface area contributed by atoms with Crippen molar-refractivity contribution in [3.8, 4) is 0 Å². The molecule has 0 aliphatic rings. The number of amides is 3. The zero-order valence-corrected chi connectivity index (χ0v) is 16.8. The maximum Gasteiger partial charge on any atom is 0.279 e. The van der Waals surface area contributed by atoms with Crippen LogP contribution in [0.3, 0.4) is 0 Å². The highest BCUT2D eigenvalue weighted by Crippen LogP contribution is 2.13. The second-order valence-electron chi connectivity index (χ2n) is 6.69. The minimum absolute atomic E-state index is 0.103. The van der Waals surface area contributed by atoms with Gasteiger partial charge in [-0.15, -0.1) is 0 Å². The monoisotopic (exact) mass is 403 g/mol. The van der Waals surface area contributed by atoms with Gasteiger partial charge in [-0.2, -0.15) is 0 Å². The molecule has 0 saturated carbocycles. The van der Waals surface area contributed by atoms with Gasteiger partial charge in [0, 0.05) is 36.1 Å². The second kappa shape index (κ2) is 9.87. The number of hydrogen-bond acceptors (Lipinski definition) is 3. The predicted octanol–water partition coefficient (Wildman–Crippen LogP) is 1.13. The fourth-order valence-electron chi connectivity index (χ4n) is 2.51. The van der Waals surface area contributed by atoms with E-state index in [1.54, 1.807) is 69.7 Å². The molecule has 2 aromatic carbocycles. The third-order valence-corrected chi connectivity index (χ3v) is 4.13. The first-order valence-electron chi connectivity index (χ1n) is 8.73. The molecule has 2 aromatic rings. The van der Waals surface area contributed by atoms with Crippen LogP contribution in [-0.4, -0.2) is 56.9 Å². The SMILES string of the molecule is CN(C)C(=O)c1ccc(NC(=O)C[NH+](C)CC(=O)Nc2ccc(Cl)cc2)cc1. The first-order chi connectivity index (χ1) is 13.2. The van der Waals surface area contributed by atoms with Gasteiger partial charge in [-0.3, -0.25) is 14.4 Å². The topological polar surface area (TPSA) is 83.0 Å². The van der Waals surface area contributed by atoms with Gasteiger partial charge in [0.25, 0.3) is 17.7 Å². The van der Waals surface area contributed by atoms with Crippen LogP contribution in [-0.2, 0) is 9.59 Å². The molecule has 0 aliphatic heterocycles. The highest BCUT2D eigenvalue weighted by atomic mass is 35.5. The lowest BCUT2D eigenvalue weighted by Gasteiger charge is -2.14. The Morgan fingerprint density at radius 1 is 0.857 bits per heavy atom. The van der Waals surface area contributed by atoms with Crippen molar-refractivity contribution >= 4 is 40.7 Å². The minimum atomic E-state index is -0.219.